The van der Waals surface area contributed by atoms with Gasteiger partial charge in [-0.15, -0.1) is 0 Å². The number of hydrogen-bond donors (Lipinski definition) is 0. The van der Waals surface area contributed by atoms with Crippen molar-refractivity contribution in [2.24, 2.45) is 11.8 Å². The van der Waals surface area contributed by atoms with Crippen LogP contribution < -0.4 is 0 Å². The van der Waals surface area contributed by atoms with Crippen LogP contribution in [0.4, 0.5) is 0 Å². The van der Waals surface area contributed by atoms with Crippen molar-refractivity contribution in [3.8, 4) is 0 Å². The summed E-state index contributed by atoms with van der Waals surface area (Å²) in [5, 5.41) is 0. The molecular formula is C13H21NO4. The number of carbonyl (C=O) groups excluding carboxylic acids is 2. The summed E-state index contributed by atoms with van der Waals surface area (Å²) in [6.07, 6.45) is 2.27. The zero-order chi connectivity index (χ0) is 13.0. The summed E-state index contributed by atoms with van der Waals surface area (Å²) >= 11 is 0. The molecule has 2 saturated heterocycles. The molecule has 0 saturated carbocycles. The van der Waals surface area contributed by atoms with Crippen molar-refractivity contribution in [1.29, 1.82) is 0 Å². The number of carbonyl (C=O) groups is 2. The molecule has 1 amide bonds. The fourth-order valence-corrected chi connectivity index (χ4v) is 2.58. The molecule has 1 unspecified atom stereocenters. The van der Waals surface area contributed by atoms with Gasteiger partial charge >= 0.3 is 5.97 Å². The minimum atomic E-state index is -0.117. The molecule has 2 aliphatic heterocycles. The summed E-state index contributed by atoms with van der Waals surface area (Å²) in [4.78, 5) is 25.6. The molecule has 0 aromatic rings. The van der Waals surface area contributed by atoms with E-state index in [9.17, 15) is 9.59 Å². The lowest BCUT2D eigenvalue weighted by Crippen LogP contribution is -2.43. The first kappa shape index (κ1) is 13.3. The molecule has 2 fully saturated rings. The van der Waals surface area contributed by atoms with Crippen LogP contribution >= 0.6 is 0 Å². The predicted octanol–water partition coefficient (Wildman–Crippen LogP) is 0.825. The van der Waals surface area contributed by atoms with Crippen molar-refractivity contribution < 1.29 is 19.1 Å². The van der Waals surface area contributed by atoms with Crippen LogP contribution in [0.15, 0.2) is 0 Å². The Bertz CT molecular complexity index is 304. The lowest BCUT2D eigenvalue weighted by Gasteiger charge is -2.32. The molecule has 0 N–H and O–H groups in total. The Morgan fingerprint density at radius 1 is 1.22 bits per heavy atom. The van der Waals surface area contributed by atoms with E-state index in [-0.39, 0.29) is 23.7 Å². The van der Waals surface area contributed by atoms with Gasteiger partial charge in [-0.1, -0.05) is 0 Å². The van der Waals surface area contributed by atoms with Crippen molar-refractivity contribution in [2.45, 2.75) is 26.2 Å². The highest BCUT2D eigenvalue weighted by Gasteiger charge is 2.32. The van der Waals surface area contributed by atoms with Gasteiger partial charge in [0.15, 0.2) is 0 Å². The highest BCUT2D eigenvalue weighted by atomic mass is 16.5. The van der Waals surface area contributed by atoms with Crippen molar-refractivity contribution in [3.63, 3.8) is 0 Å². The summed E-state index contributed by atoms with van der Waals surface area (Å²) in [5.74, 6) is 0.0709. The first-order valence-electron chi connectivity index (χ1n) is 6.75. The van der Waals surface area contributed by atoms with E-state index in [1.54, 1.807) is 0 Å². The maximum atomic E-state index is 12.1. The summed E-state index contributed by atoms with van der Waals surface area (Å²) < 4.78 is 10.3. The highest BCUT2D eigenvalue weighted by molar-refractivity contribution is 5.80. The van der Waals surface area contributed by atoms with E-state index in [2.05, 4.69) is 0 Å². The van der Waals surface area contributed by atoms with E-state index < -0.39 is 0 Å². The number of piperidine rings is 1. The Labute approximate surface area is 107 Å². The van der Waals surface area contributed by atoms with Crippen LogP contribution in [-0.2, 0) is 19.1 Å². The molecular weight excluding hydrogens is 234 g/mol. The molecule has 18 heavy (non-hydrogen) atoms. The number of amides is 1. The second kappa shape index (κ2) is 6.18. The minimum Gasteiger partial charge on any atom is -0.466 e. The van der Waals surface area contributed by atoms with Crippen molar-refractivity contribution in [3.05, 3.63) is 0 Å². The van der Waals surface area contributed by atoms with Crippen LogP contribution in [0.5, 0.6) is 0 Å². The summed E-state index contributed by atoms with van der Waals surface area (Å²) in [7, 11) is 0. The Balaban J connectivity index is 1.79. The molecule has 0 aromatic carbocycles. The minimum absolute atomic E-state index is 0.0316. The van der Waals surface area contributed by atoms with Crippen LogP contribution in [0.1, 0.15) is 26.2 Å². The van der Waals surface area contributed by atoms with Gasteiger partial charge in [0.2, 0.25) is 5.91 Å². The van der Waals surface area contributed by atoms with Gasteiger partial charge in [-0.2, -0.15) is 0 Å². The monoisotopic (exact) mass is 255 g/mol. The van der Waals surface area contributed by atoms with Crippen LogP contribution in [0, 0.1) is 11.8 Å². The zero-order valence-corrected chi connectivity index (χ0v) is 10.9. The number of hydrogen-bond acceptors (Lipinski definition) is 4. The largest absolute Gasteiger partial charge is 0.466 e. The third kappa shape index (κ3) is 3.02. The lowest BCUT2D eigenvalue weighted by molar-refractivity contribution is -0.151. The van der Waals surface area contributed by atoms with E-state index in [0.29, 0.717) is 32.9 Å². The van der Waals surface area contributed by atoms with Crippen molar-refractivity contribution >= 4 is 11.9 Å². The molecule has 0 aromatic heterocycles. The molecule has 0 bridgehead atoms. The molecule has 2 rings (SSSR count). The number of rotatable bonds is 3. The lowest BCUT2D eigenvalue weighted by atomic mass is 9.95. The van der Waals surface area contributed by atoms with Gasteiger partial charge in [0.25, 0.3) is 0 Å². The summed E-state index contributed by atoms with van der Waals surface area (Å²) in [6, 6.07) is 0. The van der Waals surface area contributed by atoms with Crippen LogP contribution in [0.3, 0.4) is 0 Å². The molecule has 2 aliphatic rings. The SMILES string of the molecule is CCOC(=O)C1CCN(C(=O)C2CCOC2)CC1. The van der Waals surface area contributed by atoms with Gasteiger partial charge in [-0.25, -0.2) is 0 Å². The van der Waals surface area contributed by atoms with E-state index >= 15 is 0 Å². The number of likely N-dealkylation sites (tertiary alicyclic amines) is 1. The Kier molecular flexibility index (Phi) is 4.58. The third-order valence-corrected chi connectivity index (χ3v) is 3.71. The number of esters is 1. The molecule has 0 radical (unpaired) electrons. The smallest absolute Gasteiger partial charge is 0.309 e. The van der Waals surface area contributed by atoms with Gasteiger partial charge in [0.1, 0.15) is 0 Å². The van der Waals surface area contributed by atoms with Gasteiger partial charge in [0, 0.05) is 19.7 Å². The number of nitrogens with zero attached hydrogens (tertiary/aromatic N) is 1. The van der Waals surface area contributed by atoms with E-state index in [1.165, 1.54) is 0 Å². The fraction of sp³-hybridized carbons (Fsp3) is 0.846. The summed E-state index contributed by atoms with van der Waals surface area (Å²) in [5.41, 5.74) is 0. The molecule has 5 heteroatoms. The predicted molar refractivity (Wildman–Crippen MR) is 64.9 cm³/mol. The Hall–Kier alpha value is -1.10. The van der Waals surface area contributed by atoms with Gasteiger partial charge < -0.3 is 14.4 Å². The molecule has 1 atom stereocenters. The Morgan fingerprint density at radius 2 is 1.94 bits per heavy atom. The van der Waals surface area contributed by atoms with Gasteiger partial charge in [0.05, 0.1) is 25.0 Å². The molecule has 2 heterocycles. The zero-order valence-electron chi connectivity index (χ0n) is 10.9. The topological polar surface area (TPSA) is 55.8 Å². The maximum absolute atomic E-state index is 12.1. The normalized spacial score (nSPS) is 25.2. The van der Waals surface area contributed by atoms with E-state index in [0.717, 1.165) is 19.3 Å². The second-order valence-corrected chi connectivity index (χ2v) is 4.91. The second-order valence-electron chi connectivity index (χ2n) is 4.91. The first-order chi connectivity index (χ1) is 8.72. The Morgan fingerprint density at radius 3 is 2.50 bits per heavy atom. The van der Waals surface area contributed by atoms with E-state index in [4.69, 9.17) is 9.47 Å². The molecule has 5 nitrogen and oxygen atoms in total. The molecule has 0 spiro atoms. The van der Waals surface area contributed by atoms with Crippen molar-refractivity contribution in [2.75, 3.05) is 32.9 Å². The molecule has 0 aliphatic carbocycles. The van der Waals surface area contributed by atoms with Gasteiger partial charge in [-0.05, 0) is 26.2 Å². The standard InChI is InChI=1S/C13H21NO4/c1-2-18-13(16)10-3-6-14(7-4-10)12(15)11-5-8-17-9-11/h10-11H,2-9H2,1H3. The van der Waals surface area contributed by atoms with Crippen LogP contribution in [0.2, 0.25) is 0 Å². The maximum Gasteiger partial charge on any atom is 0.309 e. The van der Waals surface area contributed by atoms with E-state index in [1.807, 2.05) is 11.8 Å². The summed E-state index contributed by atoms with van der Waals surface area (Å²) in [6.45, 7) is 4.82. The average molecular weight is 255 g/mol. The number of ether oxygens (including phenoxy) is 2. The van der Waals surface area contributed by atoms with Crippen LogP contribution in [0.25, 0.3) is 0 Å². The quantitative estimate of drug-likeness (QED) is 0.701. The highest BCUT2D eigenvalue weighted by Crippen LogP contribution is 2.22. The molecule has 102 valence electrons. The van der Waals surface area contributed by atoms with Crippen LogP contribution in [-0.4, -0.2) is 49.7 Å². The fourth-order valence-electron chi connectivity index (χ4n) is 2.58. The van der Waals surface area contributed by atoms with Crippen molar-refractivity contribution in [1.82, 2.24) is 4.90 Å². The average Bonchev–Trinajstić information content (AvgIpc) is 2.92. The first-order valence-corrected chi connectivity index (χ1v) is 6.75. The third-order valence-electron chi connectivity index (χ3n) is 3.71. The van der Waals surface area contributed by atoms with Gasteiger partial charge in [-0.3, -0.25) is 9.59 Å².